The highest BCUT2D eigenvalue weighted by molar-refractivity contribution is 6.09. The van der Waals surface area contributed by atoms with Crippen molar-refractivity contribution in [1.82, 2.24) is 5.32 Å². The molecule has 2 amide bonds. The third-order valence-electron chi connectivity index (χ3n) is 4.25. The van der Waals surface area contributed by atoms with Gasteiger partial charge in [-0.25, -0.2) is 0 Å². The summed E-state index contributed by atoms with van der Waals surface area (Å²) in [5, 5.41) is 12.0. The van der Waals surface area contributed by atoms with E-state index in [2.05, 4.69) is 19.2 Å². The standard InChI is InChI=1S/C18H26N2O3/c1-12(2)13-5-7-14(8-6-13)20-10-9-15(17(20)23)16(22)19-18(3,4)11-21/h5-8,12,15,21H,9-11H2,1-4H3,(H,19,22). The van der Waals surface area contributed by atoms with E-state index < -0.39 is 11.5 Å². The molecule has 0 spiro atoms. The molecule has 0 bridgehead atoms. The molecule has 1 atom stereocenters. The lowest BCUT2D eigenvalue weighted by Crippen LogP contribution is -2.49. The van der Waals surface area contributed by atoms with Gasteiger partial charge in [-0.2, -0.15) is 0 Å². The first-order valence-corrected chi connectivity index (χ1v) is 8.09. The zero-order valence-corrected chi connectivity index (χ0v) is 14.3. The molecule has 1 fully saturated rings. The summed E-state index contributed by atoms with van der Waals surface area (Å²) < 4.78 is 0. The number of aliphatic hydroxyl groups is 1. The average molecular weight is 318 g/mol. The second-order valence-electron chi connectivity index (χ2n) is 7.11. The molecule has 0 radical (unpaired) electrons. The van der Waals surface area contributed by atoms with Gasteiger partial charge in [0.1, 0.15) is 5.92 Å². The number of rotatable bonds is 5. The fourth-order valence-corrected chi connectivity index (χ4v) is 2.68. The lowest BCUT2D eigenvalue weighted by molar-refractivity contribution is -0.133. The van der Waals surface area contributed by atoms with Crippen LogP contribution < -0.4 is 10.2 Å². The molecule has 1 aromatic rings. The van der Waals surface area contributed by atoms with E-state index in [1.807, 2.05) is 24.3 Å². The number of anilines is 1. The normalized spacial score (nSPS) is 18.6. The zero-order chi connectivity index (χ0) is 17.2. The first kappa shape index (κ1) is 17.5. The minimum atomic E-state index is -0.719. The maximum atomic E-state index is 12.5. The van der Waals surface area contributed by atoms with Gasteiger partial charge in [-0.15, -0.1) is 0 Å². The number of amides is 2. The molecule has 0 saturated carbocycles. The lowest BCUT2D eigenvalue weighted by atomic mass is 10.0. The van der Waals surface area contributed by atoms with Crippen LogP contribution in [0.2, 0.25) is 0 Å². The Morgan fingerprint density at radius 3 is 2.48 bits per heavy atom. The Balaban J connectivity index is 2.08. The van der Waals surface area contributed by atoms with Gasteiger partial charge in [-0.3, -0.25) is 9.59 Å². The summed E-state index contributed by atoms with van der Waals surface area (Å²) in [6, 6.07) is 7.92. The molecule has 1 saturated heterocycles. The van der Waals surface area contributed by atoms with Gasteiger partial charge >= 0.3 is 0 Å². The van der Waals surface area contributed by atoms with E-state index in [0.29, 0.717) is 18.9 Å². The highest BCUT2D eigenvalue weighted by Crippen LogP contribution is 2.27. The van der Waals surface area contributed by atoms with Crippen molar-refractivity contribution in [2.75, 3.05) is 18.1 Å². The molecule has 1 aromatic carbocycles. The van der Waals surface area contributed by atoms with E-state index in [1.165, 1.54) is 5.56 Å². The molecule has 0 aromatic heterocycles. The molecule has 5 nitrogen and oxygen atoms in total. The summed E-state index contributed by atoms with van der Waals surface area (Å²) in [5.41, 5.74) is 1.33. The number of hydrogen-bond donors (Lipinski definition) is 2. The first-order chi connectivity index (χ1) is 10.7. The van der Waals surface area contributed by atoms with Crippen LogP contribution in [0.15, 0.2) is 24.3 Å². The number of aliphatic hydroxyl groups excluding tert-OH is 1. The van der Waals surface area contributed by atoms with Crippen LogP contribution >= 0.6 is 0 Å². The fraction of sp³-hybridized carbons (Fsp3) is 0.556. The largest absolute Gasteiger partial charge is 0.394 e. The van der Waals surface area contributed by atoms with E-state index in [4.69, 9.17) is 0 Å². The van der Waals surface area contributed by atoms with Crippen LogP contribution in [-0.2, 0) is 9.59 Å². The van der Waals surface area contributed by atoms with Crippen LogP contribution in [0.4, 0.5) is 5.69 Å². The second-order valence-corrected chi connectivity index (χ2v) is 7.11. The molecule has 23 heavy (non-hydrogen) atoms. The van der Waals surface area contributed by atoms with Gasteiger partial charge in [-0.05, 0) is 43.9 Å². The van der Waals surface area contributed by atoms with Crippen molar-refractivity contribution < 1.29 is 14.7 Å². The van der Waals surface area contributed by atoms with E-state index in [0.717, 1.165) is 5.69 Å². The predicted octanol–water partition coefficient (Wildman–Crippen LogP) is 2.05. The summed E-state index contributed by atoms with van der Waals surface area (Å²) in [5.74, 6) is -0.716. The molecule has 126 valence electrons. The molecule has 1 aliphatic heterocycles. The van der Waals surface area contributed by atoms with E-state index in [1.54, 1.807) is 18.7 Å². The quantitative estimate of drug-likeness (QED) is 0.816. The number of benzene rings is 1. The monoisotopic (exact) mass is 318 g/mol. The van der Waals surface area contributed by atoms with E-state index >= 15 is 0 Å². The second kappa shape index (κ2) is 6.71. The summed E-state index contributed by atoms with van der Waals surface area (Å²) in [6.45, 7) is 8.08. The van der Waals surface area contributed by atoms with Gasteiger partial charge in [-0.1, -0.05) is 26.0 Å². The van der Waals surface area contributed by atoms with Crippen LogP contribution in [-0.4, -0.2) is 35.6 Å². The third kappa shape index (κ3) is 3.91. The van der Waals surface area contributed by atoms with Crippen molar-refractivity contribution in [3.05, 3.63) is 29.8 Å². The van der Waals surface area contributed by atoms with Gasteiger partial charge in [0, 0.05) is 12.2 Å². The van der Waals surface area contributed by atoms with E-state index in [-0.39, 0.29) is 18.4 Å². The predicted molar refractivity (Wildman–Crippen MR) is 90.3 cm³/mol. The Hall–Kier alpha value is -1.88. The number of nitrogens with zero attached hydrogens (tertiary/aromatic N) is 1. The summed E-state index contributed by atoms with van der Waals surface area (Å²) in [4.78, 5) is 26.5. The van der Waals surface area contributed by atoms with Gasteiger partial charge in [0.15, 0.2) is 0 Å². The molecule has 1 unspecified atom stereocenters. The Kier molecular flexibility index (Phi) is 5.09. The minimum absolute atomic E-state index is 0.167. The van der Waals surface area contributed by atoms with E-state index in [9.17, 15) is 14.7 Å². The highest BCUT2D eigenvalue weighted by atomic mass is 16.3. The Morgan fingerprint density at radius 2 is 1.96 bits per heavy atom. The van der Waals surface area contributed by atoms with Crippen LogP contribution in [0.5, 0.6) is 0 Å². The molecular formula is C18H26N2O3. The van der Waals surface area contributed by atoms with Crippen LogP contribution in [0, 0.1) is 5.92 Å². The van der Waals surface area contributed by atoms with Gasteiger partial charge < -0.3 is 15.3 Å². The highest BCUT2D eigenvalue weighted by Gasteiger charge is 2.39. The number of hydrogen-bond acceptors (Lipinski definition) is 3. The maximum Gasteiger partial charge on any atom is 0.239 e. The molecule has 2 N–H and O–H groups in total. The van der Waals surface area contributed by atoms with Crippen molar-refractivity contribution in [1.29, 1.82) is 0 Å². The lowest BCUT2D eigenvalue weighted by Gasteiger charge is -2.25. The summed E-state index contributed by atoms with van der Waals surface area (Å²) >= 11 is 0. The molecule has 1 aliphatic rings. The minimum Gasteiger partial charge on any atom is -0.394 e. The van der Waals surface area contributed by atoms with Crippen molar-refractivity contribution in [3.63, 3.8) is 0 Å². The van der Waals surface area contributed by atoms with Gasteiger partial charge in [0.25, 0.3) is 0 Å². The molecule has 5 heteroatoms. The first-order valence-electron chi connectivity index (χ1n) is 8.09. The van der Waals surface area contributed by atoms with Crippen molar-refractivity contribution in [2.45, 2.75) is 45.6 Å². The van der Waals surface area contributed by atoms with Crippen molar-refractivity contribution in [2.24, 2.45) is 5.92 Å². The maximum absolute atomic E-state index is 12.5. The Bertz CT molecular complexity index is 578. The van der Waals surface area contributed by atoms with Crippen LogP contribution in [0.1, 0.15) is 45.6 Å². The summed E-state index contributed by atoms with van der Waals surface area (Å²) in [6.07, 6.45) is 0.498. The van der Waals surface area contributed by atoms with Gasteiger partial charge in [0.2, 0.25) is 11.8 Å². The molecule has 2 rings (SSSR count). The number of nitrogens with one attached hydrogen (secondary N) is 1. The van der Waals surface area contributed by atoms with Crippen LogP contribution in [0.25, 0.3) is 0 Å². The van der Waals surface area contributed by atoms with Crippen molar-refractivity contribution >= 4 is 17.5 Å². The SMILES string of the molecule is CC(C)c1ccc(N2CCC(C(=O)NC(C)(C)CO)C2=O)cc1. The van der Waals surface area contributed by atoms with Crippen LogP contribution in [0.3, 0.4) is 0 Å². The Morgan fingerprint density at radius 1 is 1.35 bits per heavy atom. The van der Waals surface area contributed by atoms with Crippen molar-refractivity contribution in [3.8, 4) is 0 Å². The third-order valence-corrected chi connectivity index (χ3v) is 4.25. The molecular weight excluding hydrogens is 292 g/mol. The topological polar surface area (TPSA) is 69.6 Å². The molecule has 0 aliphatic carbocycles. The summed E-state index contributed by atoms with van der Waals surface area (Å²) in [7, 11) is 0. The smallest absolute Gasteiger partial charge is 0.239 e. The molecule has 1 heterocycles. The Labute approximate surface area is 137 Å². The zero-order valence-electron chi connectivity index (χ0n) is 14.3. The average Bonchev–Trinajstić information content (AvgIpc) is 2.88. The number of carbonyl (C=O) groups is 2. The fourth-order valence-electron chi connectivity index (χ4n) is 2.68. The number of carbonyl (C=O) groups excluding carboxylic acids is 2. The van der Waals surface area contributed by atoms with Gasteiger partial charge in [0.05, 0.1) is 12.1 Å².